The molecule has 0 spiro atoms. The van der Waals surface area contributed by atoms with Gasteiger partial charge in [0.15, 0.2) is 0 Å². The molecule has 2 aromatic rings. The van der Waals surface area contributed by atoms with E-state index in [1.807, 2.05) is 42.5 Å². The number of benzene rings is 2. The van der Waals surface area contributed by atoms with Crippen LogP contribution in [0.4, 0.5) is 4.39 Å². The third-order valence-corrected chi connectivity index (χ3v) is 4.43. The highest BCUT2D eigenvalue weighted by atomic mass is 35.5. The smallest absolute Gasteiger partial charge is 0.117 e. The van der Waals surface area contributed by atoms with E-state index in [9.17, 15) is 4.39 Å². The Labute approximate surface area is 130 Å². The highest BCUT2D eigenvalue weighted by molar-refractivity contribution is 6.30. The van der Waals surface area contributed by atoms with Gasteiger partial charge in [-0.25, -0.2) is 4.39 Å². The molecule has 0 saturated carbocycles. The standard InChI is InChI=1S/C18H19ClFN/c19-16-7-5-14(6-8-16)17-4-2-1-3-15(17)13-18(20)9-11-21-12-10-18/h1-8,21H,9-13H2. The van der Waals surface area contributed by atoms with Crippen molar-refractivity contribution >= 4 is 11.6 Å². The lowest BCUT2D eigenvalue weighted by Crippen LogP contribution is -2.40. The molecule has 1 aliphatic heterocycles. The molecule has 1 heterocycles. The van der Waals surface area contributed by atoms with Gasteiger partial charge in [-0.2, -0.15) is 0 Å². The molecule has 3 heteroatoms. The summed E-state index contributed by atoms with van der Waals surface area (Å²) in [5, 5.41) is 3.94. The van der Waals surface area contributed by atoms with Gasteiger partial charge < -0.3 is 5.32 Å². The predicted molar refractivity (Wildman–Crippen MR) is 86.5 cm³/mol. The molecule has 1 nitrogen and oxygen atoms in total. The van der Waals surface area contributed by atoms with Crippen LogP contribution in [0.25, 0.3) is 11.1 Å². The summed E-state index contributed by atoms with van der Waals surface area (Å²) in [5.41, 5.74) is 2.18. The van der Waals surface area contributed by atoms with E-state index in [1.165, 1.54) is 0 Å². The van der Waals surface area contributed by atoms with Gasteiger partial charge in [0.25, 0.3) is 0 Å². The first-order chi connectivity index (χ1) is 10.2. The molecule has 1 aliphatic rings. The van der Waals surface area contributed by atoms with E-state index >= 15 is 0 Å². The number of hydrogen-bond acceptors (Lipinski definition) is 1. The fraction of sp³-hybridized carbons (Fsp3) is 0.333. The van der Waals surface area contributed by atoms with Crippen LogP contribution in [0.2, 0.25) is 5.02 Å². The van der Waals surface area contributed by atoms with Crippen LogP contribution >= 0.6 is 11.6 Å². The zero-order valence-corrected chi connectivity index (χ0v) is 12.7. The van der Waals surface area contributed by atoms with Crippen LogP contribution in [0, 0.1) is 0 Å². The van der Waals surface area contributed by atoms with Crippen molar-refractivity contribution in [3.8, 4) is 11.1 Å². The van der Waals surface area contributed by atoms with Crippen LogP contribution in [-0.4, -0.2) is 18.8 Å². The zero-order valence-electron chi connectivity index (χ0n) is 11.9. The van der Waals surface area contributed by atoms with Gasteiger partial charge in [-0.1, -0.05) is 48.0 Å². The third-order valence-electron chi connectivity index (χ3n) is 4.18. The van der Waals surface area contributed by atoms with E-state index in [-0.39, 0.29) is 0 Å². The number of rotatable bonds is 3. The van der Waals surface area contributed by atoms with Gasteiger partial charge in [-0.3, -0.25) is 0 Å². The average molecular weight is 304 g/mol. The van der Waals surface area contributed by atoms with Gasteiger partial charge in [0, 0.05) is 11.4 Å². The van der Waals surface area contributed by atoms with E-state index in [0.29, 0.717) is 19.3 Å². The molecule has 110 valence electrons. The Bertz CT molecular complexity index is 603. The molecular weight excluding hydrogens is 285 g/mol. The number of alkyl halides is 1. The first-order valence-electron chi connectivity index (χ1n) is 7.40. The average Bonchev–Trinajstić information content (AvgIpc) is 2.49. The number of hydrogen-bond donors (Lipinski definition) is 1. The van der Waals surface area contributed by atoms with Crippen LogP contribution in [0.5, 0.6) is 0 Å². The highest BCUT2D eigenvalue weighted by Crippen LogP contribution is 2.33. The second-order valence-electron chi connectivity index (χ2n) is 5.74. The van der Waals surface area contributed by atoms with Crippen molar-refractivity contribution in [2.75, 3.05) is 13.1 Å². The maximum absolute atomic E-state index is 15.0. The Kier molecular flexibility index (Phi) is 4.27. The minimum atomic E-state index is -1.09. The molecule has 0 aliphatic carbocycles. The molecule has 0 amide bonds. The molecule has 1 saturated heterocycles. The quantitative estimate of drug-likeness (QED) is 0.871. The lowest BCUT2D eigenvalue weighted by atomic mass is 9.85. The largest absolute Gasteiger partial charge is 0.316 e. The van der Waals surface area contributed by atoms with Crippen molar-refractivity contribution in [2.45, 2.75) is 24.9 Å². The Morgan fingerprint density at radius 2 is 1.67 bits per heavy atom. The van der Waals surface area contributed by atoms with E-state index in [0.717, 1.165) is 34.8 Å². The second-order valence-corrected chi connectivity index (χ2v) is 6.18. The molecule has 1 N–H and O–H groups in total. The van der Waals surface area contributed by atoms with Crippen LogP contribution in [-0.2, 0) is 6.42 Å². The summed E-state index contributed by atoms with van der Waals surface area (Å²) in [5.74, 6) is 0. The van der Waals surface area contributed by atoms with E-state index in [4.69, 9.17) is 11.6 Å². The van der Waals surface area contributed by atoms with Crippen molar-refractivity contribution in [3.63, 3.8) is 0 Å². The third kappa shape index (κ3) is 3.45. The molecule has 1 fully saturated rings. The van der Waals surface area contributed by atoms with Gasteiger partial charge in [0.05, 0.1) is 0 Å². The molecule has 2 aromatic carbocycles. The molecule has 3 rings (SSSR count). The summed E-state index contributed by atoms with van der Waals surface area (Å²) in [6.07, 6.45) is 1.65. The lowest BCUT2D eigenvalue weighted by Gasteiger charge is -2.30. The SMILES string of the molecule is FC1(Cc2ccccc2-c2ccc(Cl)cc2)CCNCC1. The summed E-state index contributed by atoms with van der Waals surface area (Å²) >= 11 is 5.95. The maximum atomic E-state index is 15.0. The first-order valence-corrected chi connectivity index (χ1v) is 7.78. The van der Waals surface area contributed by atoms with E-state index < -0.39 is 5.67 Å². The summed E-state index contributed by atoms with van der Waals surface area (Å²) < 4.78 is 15.0. The molecule has 0 radical (unpaired) electrons. The number of piperidine rings is 1. The molecule has 0 unspecified atom stereocenters. The minimum absolute atomic E-state index is 0.480. The molecule has 0 aromatic heterocycles. The van der Waals surface area contributed by atoms with Crippen LogP contribution in [0.3, 0.4) is 0 Å². The Morgan fingerprint density at radius 3 is 2.38 bits per heavy atom. The highest BCUT2D eigenvalue weighted by Gasteiger charge is 2.32. The van der Waals surface area contributed by atoms with Gasteiger partial charge in [0.2, 0.25) is 0 Å². The monoisotopic (exact) mass is 303 g/mol. The van der Waals surface area contributed by atoms with Gasteiger partial charge in [0.1, 0.15) is 5.67 Å². The number of nitrogens with one attached hydrogen (secondary N) is 1. The van der Waals surface area contributed by atoms with Crippen molar-refractivity contribution in [2.24, 2.45) is 0 Å². The Morgan fingerprint density at radius 1 is 1.00 bits per heavy atom. The fourth-order valence-electron chi connectivity index (χ4n) is 2.98. The van der Waals surface area contributed by atoms with Crippen molar-refractivity contribution in [1.29, 1.82) is 0 Å². The first kappa shape index (κ1) is 14.6. The Hall–Kier alpha value is -1.38. The summed E-state index contributed by atoms with van der Waals surface area (Å²) in [6, 6.07) is 15.8. The normalized spacial score (nSPS) is 17.6. The van der Waals surface area contributed by atoms with E-state index in [1.54, 1.807) is 0 Å². The van der Waals surface area contributed by atoms with Gasteiger partial charge in [-0.05, 0) is 54.8 Å². The van der Waals surface area contributed by atoms with Crippen molar-refractivity contribution in [1.82, 2.24) is 5.32 Å². The molecule has 0 atom stereocenters. The Balaban J connectivity index is 1.90. The topological polar surface area (TPSA) is 12.0 Å². The van der Waals surface area contributed by atoms with Crippen LogP contribution in [0.1, 0.15) is 18.4 Å². The summed E-state index contributed by atoms with van der Waals surface area (Å²) in [4.78, 5) is 0. The predicted octanol–water partition coefficient (Wildman–Crippen LogP) is 4.64. The fourth-order valence-corrected chi connectivity index (χ4v) is 3.10. The van der Waals surface area contributed by atoms with Crippen LogP contribution < -0.4 is 5.32 Å². The maximum Gasteiger partial charge on any atom is 0.117 e. The van der Waals surface area contributed by atoms with Crippen molar-refractivity contribution < 1.29 is 4.39 Å². The zero-order chi connectivity index (χ0) is 14.7. The lowest BCUT2D eigenvalue weighted by molar-refractivity contribution is 0.116. The summed E-state index contributed by atoms with van der Waals surface area (Å²) in [7, 11) is 0. The van der Waals surface area contributed by atoms with E-state index in [2.05, 4.69) is 11.4 Å². The number of halogens is 2. The van der Waals surface area contributed by atoms with Crippen molar-refractivity contribution in [3.05, 3.63) is 59.1 Å². The second kappa shape index (κ2) is 6.17. The minimum Gasteiger partial charge on any atom is -0.316 e. The van der Waals surface area contributed by atoms with Gasteiger partial charge in [-0.15, -0.1) is 0 Å². The van der Waals surface area contributed by atoms with Gasteiger partial charge >= 0.3 is 0 Å². The summed E-state index contributed by atoms with van der Waals surface area (Å²) in [6.45, 7) is 1.53. The molecule has 0 bridgehead atoms. The van der Waals surface area contributed by atoms with Crippen LogP contribution in [0.15, 0.2) is 48.5 Å². The molecular formula is C18H19ClFN. The molecule has 21 heavy (non-hydrogen) atoms.